The van der Waals surface area contributed by atoms with E-state index in [1.54, 1.807) is 6.20 Å². The highest BCUT2D eigenvalue weighted by Gasteiger charge is 2.19. The summed E-state index contributed by atoms with van der Waals surface area (Å²) in [5, 5.41) is 10.9. The number of H-pyrrole nitrogens is 1. The topological polar surface area (TPSA) is 105 Å². The van der Waals surface area contributed by atoms with Crippen molar-refractivity contribution >= 4 is 22.8 Å². The fourth-order valence-electron chi connectivity index (χ4n) is 2.39. The maximum atomic E-state index is 5.75. The van der Waals surface area contributed by atoms with Gasteiger partial charge in [0.1, 0.15) is 5.82 Å². The molecule has 3 rings (SSSR count). The number of nitrogen functional groups attached to an aromatic ring is 1. The van der Waals surface area contributed by atoms with Gasteiger partial charge in [-0.2, -0.15) is 15.1 Å². The molecule has 1 saturated heterocycles. The van der Waals surface area contributed by atoms with Crippen LogP contribution in [0.1, 0.15) is 6.92 Å². The summed E-state index contributed by atoms with van der Waals surface area (Å²) in [6, 6.07) is 0. The van der Waals surface area contributed by atoms with E-state index in [1.165, 1.54) is 0 Å². The Morgan fingerprint density at radius 3 is 3.30 bits per heavy atom. The Hall–Kier alpha value is -1.93. The predicted molar refractivity (Wildman–Crippen MR) is 76.4 cm³/mol. The van der Waals surface area contributed by atoms with E-state index in [1.807, 2.05) is 0 Å². The van der Waals surface area contributed by atoms with Crippen molar-refractivity contribution in [3.8, 4) is 0 Å². The first-order valence-electron chi connectivity index (χ1n) is 6.80. The number of nitrogens with zero attached hydrogens (tertiary/aromatic N) is 4. The molecule has 0 spiro atoms. The zero-order valence-electron chi connectivity index (χ0n) is 11.5. The molecule has 108 valence electrons. The van der Waals surface area contributed by atoms with Gasteiger partial charge in [-0.1, -0.05) is 6.92 Å². The molecule has 0 bridgehead atoms. The average Bonchev–Trinajstić information content (AvgIpc) is 2.93. The monoisotopic (exact) mass is 277 g/mol. The number of aromatic nitrogens is 4. The molecule has 1 aliphatic rings. The van der Waals surface area contributed by atoms with E-state index in [-0.39, 0.29) is 12.1 Å². The van der Waals surface area contributed by atoms with Crippen LogP contribution < -0.4 is 11.1 Å². The van der Waals surface area contributed by atoms with Gasteiger partial charge in [0.2, 0.25) is 5.95 Å². The van der Waals surface area contributed by atoms with E-state index in [0.717, 1.165) is 31.6 Å². The number of likely N-dealkylation sites (N-methyl/N-ethyl adjacent to an activating group) is 1. The van der Waals surface area contributed by atoms with Crippen molar-refractivity contribution in [2.75, 3.05) is 43.8 Å². The number of morpholine rings is 1. The minimum Gasteiger partial charge on any atom is -0.374 e. The van der Waals surface area contributed by atoms with E-state index in [4.69, 9.17) is 10.5 Å². The van der Waals surface area contributed by atoms with Crippen molar-refractivity contribution in [1.82, 2.24) is 25.1 Å². The molecule has 20 heavy (non-hydrogen) atoms. The van der Waals surface area contributed by atoms with Crippen LogP contribution in [0.5, 0.6) is 0 Å². The van der Waals surface area contributed by atoms with Crippen molar-refractivity contribution in [2.45, 2.75) is 13.0 Å². The van der Waals surface area contributed by atoms with Crippen LogP contribution in [0.25, 0.3) is 11.0 Å². The summed E-state index contributed by atoms with van der Waals surface area (Å²) >= 11 is 0. The molecule has 1 unspecified atom stereocenters. The second-order valence-corrected chi connectivity index (χ2v) is 4.83. The zero-order valence-corrected chi connectivity index (χ0v) is 11.5. The lowest BCUT2D eigenvalue weighted by molar-refractivity contribution is -0.0192. The highest BCUT2D eigenvalue weighted by atomic mass is 16.5. The summed E-state index contributed by atoms with van der Waals surface area (Å²) in [6.07, 6.45) is 1.85. The van der Waals surface area contributed by atoms with Crippen LogP contribution in [0.3, 0.4) is 0 Å². The fourth-order valence-corrected chi connectivity index (χ4v) is 2.39. The molecule has 2 aromatic rings. The molecule has 1 fully saturated rings. The van der Waals surface area contributed by atoms with Crippen molar-refractivity contribution in [3.05, 3.63) is 6.20 Å². The Kier molecular flexibility index (Phi) is 3.66. The number of aromatic amines is 1. The minimum absolute atomic E-state index is 0.154. The van der Waals surface area contributed by atoms with Gasteiger partial charge >= 0.3 is 0 Å². The normalized spacial score (nSPS) is 20.4. The summed E-state index contributed by atoms with van der Waals surface area (Å²) in [7, 11) is 0. The van der Waals surface area contributed by atoms with E-state index in [9.17, 15) is 0 Å². The van der Waals surface area contributed by atoms with E-state index >= 15 is 0 Å². The molecule has 0 amide bonds. The number of fused-ring (bicyclic) bond motifs is 1. The van der Waals surface area contributed by atoms with Gasteiger partial charge in [-0.05, 0) is 6.54 Å². The van der Waals surface area contributed by atoms with Crippen LogP contribution in [0.15, 0.2) is 6.20 Å². The highest BCUT2D eigenvalue weighted by molar-refractivity contribution is 5.86. The molecule has 3 heterocycles. The third kappa shape index (κ3) is 2.66. The van der Waals surface area contributed by atoms with Crippen LogP contribution in [0, 0.1) is 0 Å². The molecule has 4 N–H and O–H groups in total. The number of rotatable bonds is 4. The van der Waals surface area contributed by atoms with E-state index in [2.05, 4.69) is 37.3 Å². The van der Waals surface area contributed by atoms with Crippen molar-refractivity contribution < 1.29 is 4.74 Å². The van der Waals surface area contributed by atoms with Gasteiger partial charge in [0.15, 0.2) is 5.65 Å². The Morgan fingerprint density at radius 1 is 1.55 bits per heavy atom. The predicted octanol–water partition coefficient (Wildman–Crippen LogP) is 0.0677. The molecule has 2 aromatic heterocycles. The van der Waals surface area contributed by atoms with Crippen LogP contribution in [-0.4, -0.2) is 64.0 Å². The van der Waals surface area contributed by atoms with Gasteiger partial charge in [0.05, 0.1) is 24.3 Å². The third-order valence-corrected chi connectivity index (χ3v) is 3.49. The molecule has 0 radical (unpaired) electrons. The number of hydrogen-bond acceptors (Lipinski definition) is 7. The maximum Gasteiger partial charge on any atom is 0.224 e. The van der Waals surface area contributed by atoms with E-state index < -0.39 is 0 Å². The largest absolute Gasteiger partial charge is 0.374 e. The van der Waals surface area contributed by atoms with Crippen molar-refractivity contribution in [1.29, 1.82) is 0 Å². The average molecular weight is 277 g/mol. The van der Waals surface area contributed by atoms with Crippen LogP contribution in [-0.2, 0) is 4.74 Å². The van der Waals surface area contributed by atoms with Gasteiger partial charge < -0.3 is 15.8 Å². The highest BCUT2D eigenvalue weighted by Crippen LogP contribution is 2.19. The fraction of sp³-hybridized carbons (Fsp3) is 0.583. The molecule has 0 aromatic carbocycles. The summed E-state index contributed by atoms with van der Waals surface area (Å²) in [5.41, 5.74) is 6.33. The first-order chi connectivity index (χ1) is 9.76. The van der Waals surface area contributed by atoms with Gasteiger partial charge in [-0.3, -0.25) is 10.00 Å². The number of hydrogen-bond donors (Lipinski definition) is 3. The quantitative estimate of drug-likeness (QED) is 0.726. The summed E-state index contributed by atoms with van der Waals surface area (Å²) < 4.78 is 5.75. The smallest absolute Gasteiger partial charge is 0.224 e. The maximum absolute atomic E-state index is 5.75. The molecular formula is C12H19N7O. The summed E-state index contributed by atoms with van der Waals surface area (Å²) in [6.45, 7) is 6.60. The SMILES string of the molecule is CCN1CCOC(CNc2nc(N)nc3[nH]ncc23)C1. The van der Waals surface area contributed by atoms with Gasteiger partial charge in [-0.15, -0.1) is 0 Å². The molecule has 8 heteroatoms. The molecule has 0 aliphatic carbocycles. The lowest BCUT2D eigenvalue weighted by atomic mass is 10.2. The van der Waals surface area contributed by atoms with Gasteiger partial charge in [0, 0.05) is 19.6 Å². The Bertz CT molecular complexity index is 584. The molecule has 1 atom stereocenters. The van der Waals surface area contributed by atoms with Crippen molar-refractivity contribution in [2.24, 2.45) is 0 Å². The standard InChI is InChI=1S/C12H19N7O/c1-2-19-3-4-20-8(7-19)5-14-10-9-6-15-18-11(9)17-12(13)16-10/h6,8H,2-5,7H2,1H3,(H4,13,14,15,16,17,18). The van der Waals surface area contributed by atoms with Crippen LogP contribution >= 0.6 is 0 Å². The summed E-state index contributed by atoms with van der Waals surface area (Å²) in [5.74, 6) is 0.919. The molecule has 0 saturated carbocycles. The van der Waals surface area contributed by atoms with E-state index in [0.29, 0.717) is 18.0 Å². The van der Waals surface area contributed by atoms with Crippen molar-refractivity contribution in [3.63, 3.8) is 0 Å². The number of nitrogens with one attached hydrogen (secondary N) is 2. The number of anilines is 2. The summed E-state index contributed by atoms with van der Waals surface area (Å²) in [4.78, 5) is 10.7. The zero-order chi connectivity index (χ0) is 13.9. The van der Waals surface area contributed by atoms with Crippen LogP contribution in [0.2, 0.25) is 0 Å². The number of ether oxygens (including phenoxy) is 1. The Labute approximate surface area is 116 Å². The van der Waals surface area contributed by atoms with Gasteiger partial charge in [0.25, 0.3) is 0 Å². The minimum atomic E-state index is 0.154. The second-order valence-electron chi connectivity index (χ2n) is 4.83. The van der Waals surface area contributed by atoms with Gasteiger partial charge in [-0.25, -0.2) is 0 Å². The molecular weight excluding hydrogens is 258 g/mol. The Morgan fingerprint density at radius 2 is 2.45 bits per heavy atom. The lowest BCUT2D eigenvalue weighted by Crippen LogP contribution is -2.45. The lowest BCUT2D eigenvalue weighted by Gasteiger charge is -2.32. The molecule has 1 aliphatic heterocycles. The number of nitrogens with two attached hydrogens (primary N) is 1. The first-order valence-corrected chi connectivity index (χ1v) is 6.80. The van der Waals surface area contributed by atoms with Crippen LogP contribution in [0.4, 0.5) is 11.8 Å². The second kappa shape index (κ2) is 5.59. The third-order valence-electron chi connectivity index (χ3n) is 3.49. The molecule has 8 nitrogen and oxygen atoms in total. The Balaban J connectivity index is 1.69. The first kappa shape index (κ1) is 13.1.